The number of fused-ring (bicyclic) bond motifs is 1. The summed E-state index contributed by atoms with van der Waals surface area (Å²) < 4.78 is 2.25. The fraction of sp³-hybridized carbons (Fsp3) is 0.471. The SMILES string of the molecule is CC(C)c1ccc(-c2cn3c(n2)CCC(N)C3C)cc1. The number of aromatic nitrogens is 2. The van der Waals surface area contributed by atoms with Crippen LogP contribution in [0.1, 0.15) is 50.5 Å². The highest BCUT2D eigenvalue weighted by atomic mass is 15.1. The number of rotatable bonds is 2. The smallest absolute Gasteiger partial charge is 0.109 e. The Kier molecular flexibility index (Phi) is 3.38. The first-order valence-corrected chi connectivity index (χ1v) is 7.50. The van der Waals surface area contributed by atoms with Gasteiger partial charge < -0.3 is 10.3 Å². The molecule has 2 atom stereocenters. The quantitative estimate of drug-likeness (QED) is 0.906. The highest BCUT2D eigenvalue weighted by Crippen LogP contribution is 2.28. The molecule has 2 aromatic rings. The Morgan fingerprint density at radius 1 is 1.25 bits per heavy atom. The summed E-state index contributed by atoms with van der Waals surface area (Å²) in [4.78, 5) is 4.79. The monoisotopic (exact) mass is 269 g/mol. The molecule has 2 N–H and O–H groups in total. The third-order valence-electron chi connectivity index (χ3n) is 4.44. The maximum absolute atomic E-state index is 6.15. The molecule has 2 unspecified atom stereocenters. The van der Waals surface area contributed by atoms with Crippen LogP contribution in [0.3, 0.4) is 0 Å². The summed E-state index contributed by atoms with van der Waals surface area (Å²) in [5.41, 5.74) is 9.77. The molecule has 0 saturated heterocycles. The molecule has 1 aromatic carbocycles. The standard InChI is InChI=1S/C17H23N3/c1-11(2)13-4-6-14(7-5-13)16-10-20-12(3)15(18)8-9-17(20)19-16/h4-7,10-12,15H,8-9,18H2,1-3H3. The van der Waals surface area contributed by atoms with Gasteiger partial charge in [0.1, 0.15) is 5.82 Å². The molecule has 0 spiro atoms. The highest BCUT2D eigenvalue weighted by Gasteiger charge is 2.24. The highest BCUT2D eigenvalue weighted by molar-refractivity contribution is 5.59. The number of hydrogen-bond acceptors (Lipinski definition) is 2. The molecule has 3 heteroatoms. The van der Waals surface area contributed by atoms with E-state index < -0.39 is 0 Å². The van der Waals surface area contributed by atoms with Crippen LogP contribution in [-0.2, 0) is 6.42 Å². The maximum Gasteiger partial charge on any atom is 0.109 e. The molecule has 20 heavy (non-hydrogen) atoms. The lowest BCUT2D eigenvalue weighted by atomic mass is 10.0. The van der Waals surface area contributed by atoms with E-state index in [1.807, 2.05) is 0 Å². The number of aryl methyl sites for hydroxylation is 1. The van der Waals surface area contributed by atoms with E-state index in [-0.39, 0.29) is 6.04 Å². The Bertz CT molecular complexity index is 595. The Morgan fingerprint density at radius 3 is 2.60 bits per heavy atom. The van der Waals surface area contributed by atoms with Crippen molar-refractivity contribution in [2.24, 2.45) is 5.73 Å². The molecule has 3 rings (SSSR count). The van der Waals surface area contributed by atoms with Gasteiger partial charge in [0.2, 0.25) is 0 Å². The van der Waals surface area contributed by atoms with E-state index >= 15 is 0 Å². The summed E-state index contributed by atoms with van der Waals surface area (Å²) in [6.07, 6.45) is 4.17. The molecule has 2 heterocycles. The van der Waals surface area contributed by atoms with Crippen molar-refractivity contribution >= 4 is 0 Å². The van der Waals surface area contributed by atoms with Gasteiger partial charge in [-0.15, -0.1) is 0 Å². The second-order valence-corrected chi connectivity index (χ2v) is 6.17. The fourth-order valence-electron chi connectivity index (χ4n) is 2.89. The van der Waals surface area contributed by atoms with Crippen molar-refractivity contribution in [3.63, 3.8) is 0 Å². The van der Waals surface area contributed by atoms with Crippen LogP contribution in [-0.4, -0.2) is 15.6 Å². The zero-order valence-electron chi connectivity index (χ0n) is 12.5. The molecule has 106 valence electrons. The minimum absolute atomic E-state index is 0.243. The van der Waals surface area contributed by atoms with Gasteiger partial charge in [0, 0.05) is 30.3 Å². The lowest BCUT2D eigenvalue weighted by Crippen LogP contribution is -2.35. The fourth-order valence-corrected chi connectivity index (χ4v) is 2.89. The minimum atomic E-state index is 0.243. The van der Waals surface area contributed by atoms with E-state index in [9.17, 15) is 0 Å². The lowest BCUT2D eigenvalue weighted by Gasteiger charge is -2.27. The molecule has 0 amide bonds. The van der Waals surface area contributed by atoms with Gasteiger partial charge in [0.05, 0.1) is 5.69 Å². The van der Waals surface area contributed by atoms with E-state index in [4.69, 9.17) is 10.7 Å². The summed E-state index contributed by atoms with van der Waals surface area (Å²) in [5, 5.41) is 0. The third kappa shape index (κ3) is 2.27. The van der Waals surface area contributed by atoms with Crippen LogP contribution >= 0.6 is 0 Å². The van der Waals surface area contributed by atoms with Crippen LogP contribution < -0.4 is 5.73 Å². The Morgan fingerprint density at radius 2 is 1.95 bits per heavy atom. The van der Waals surface area contributed by atoms with Crippen LogP contribution in [0.25, 0.3) is 11.3 Å². The van der Waals surface area contributed by atoms with Crippen LogP contribution in [0.4, 0.5) is 0 Å². The van der Waals surface area contributed by atoms with Crippen molar-refractivity contribution in [3.8, 4) is 11.3 Å². The first-order chi connectivity index (χ1) is 9.56. The van der Waals surface area contributed by atoms with Crippen molar-refractivity contribution < 1.29 is 0 Å². The first kappa shape index (κ1) is 13.4. The average Bonchev–Trinajstić information content (AvgIpc) is 2.88. The second-order valence-electron chi connectivity index (χ2n) is 6.17. The van der Waals surface area contributed by atoms with Gasteiger partial charge in [-0.2, -0.15) is 0 Å². The first-order valence-electron chi connectivity index (χ1n) is 7.50. The van der Waals surface area contributed by atoms with Crippen molar-refractivity contribution in [1.82, 2.24) is 9.55 Å². The van der Waals surface area contributed by atoms with Gasteiger partial charge in [0.25, 0.3) is 0 Å². The molecule has 0 saturated carbocycles. The number of imidazole rings is 1. The van der Waals surface area contributed by atoms with Crippen molar-refractivity contribution in [2.75, 3.05) is 0 Å². The molecule has 0 radical (unpaired) electrons. The summed E-state index contributed by atoms with van der Waals surface area (Å²) >= 11 is 0. The van der Waals surface area contributed by atoms with E-state index in [0.717, 1.165) is 18.5 Å². The number of hydrogen-bond donors (Lipinski definition) is 1. The summed E-state index contributed by atoms with van der Waals surface area (Å²) in [5.74, 6) is 1.74. The molecule has 1 aromatic heterocycles. The molecule has 1 aliphatic heterocycles. The third-order valence-corrected chi connectivity index (χ3v) is 4.44. The summed E-state index contributed by atoms with van der Waals surface area (Å²) in [6.45, 7) is 6.61. The topological polar surface area (TPSA) is 43.8 Å². The summed E-state index contributed by atoms with van der Waals surface area (Å²) in [6, 6.07) is 9.34. The predicted octanol–water partition coefficient (Wildman–Crippen LogP) is 3.51. The lowest BCUT2D eigenvalue weighted by molar-refractivity contribution is 0.368. The molecule has 0 aliphatic carbocycles. The Labute approximate surface area is 120 Å². The zero-order valence-corrected chi connectivity index (χ0v) is 12.5. The van der Waals surface area contributed by atoms with E-state index in [1.165, 1.54) is 17.0 Å². The molecule has 0 fully saturated rings. The average molecular weight is 269 g/mol. The van der Waals surface area contributed by atoms with E-state index in [2.05, 4.69) is 55.8 Å². The minimum Gasteiger partial charge on any atom is -0.330 e. The normalized spacial score (nSPS) is 22.1. The number of nitrogens with zero attached hydrogens (tertiary/aromatic N) is 2. The van der Waals surface area contributed by atoms with Gasteiger partial charge in [-0.25, -0.2) is 4.98 Å². The van der Waals surface area contributed by atoms with Crippen molar-refractivity contribution in [3.05, 3.63) is 41.9 Å². The van der Waals surface area contributed by atoms with Gasteiger partial charge >= 0.3 is 0 Å². The Balaban J connectivity index is 1.93. The molecule has 0 bridgehead atoms. The maximum atomic E-state index is 6.15. The van der Waals surface area contributed by atoms with Crippen LogP contribution in [0.15, 0.2) is 30.5 Å². The van der Waals surface area contributed by atoms with Crippen molar-refractivity contribution in [1.29, 1.82) is 0 Å². The largest absolute Gasteiger partial charge is 0.330 e. The Hall–Kier alpha value is -1.61. The van der Waals surface area contributed by atoms with Gasteiger partial charge in [-0.05, 0) is 24.8 Å². The van der Waals surface area contributed by atoms with Crippen molar-refractivity contribution in [2.45, 2.75) is 51.6 Å². The molecule has 3 nitrogen and oxygen atoms in total. The number of nitrogens with two attached hydrogens (primary N) is 1. The predicted molar refractivity (Wildman–Crippen MR) is 82.8 cm³/mol. The molecular formula is C17H23N3. The molecule has 1 aliphatic rings. The second kappa shape index (κ2) is 5.06. The van der Waals surface area contributed by atoms with Crippen LogP contribution in [0, 0.1) is 0 Å². The molecular weight excluding hydrogens is 246 g/mol. The zero-order chi connectivity index (χ0) is 14.3. The van der Waals surface area contributed by atoms with E-state index in [0.29, 0.717) is 12.0 Å². The number of benzene rings is 1. The van der Waals surface area contributed by atoms with Gasteiger partial charge in [-0.1, -0.05) is 38.1 Å². The summed E-state index contributed by atoms with van der Waals surface area (Å²) in [7, 11) is 0. The van der Waals surface area contributed by atoms with Gasteiger partial charge in [-0.3, -0.25) is 0 Å². The van der Waals surface area contributed by atoms with Crippen LogP contribution in [0.2, 0.25) is 0 Å². The van der Waals surface area contributed by atoms with Gasteiger partial charge in [0.15, 0.2) is 0 Å². The van der Waals surface area contributed by atoms with E-state index in [1.54, 1.807) is 0 Å². The van der Waals surface area contributed by atoms with Crippen LogP contribution in [0.5, 0.6) is 0 Å².